The van der Waals surface area contributed by atoms with Gasteiger partial charge in [-0.3, -0.25) is 0 Å². The van der Waals surface area contributed by atoms with Crippen LogP contribution in [0.2, 0.25) is 0 Å². The van der Waals surface area contributed by atoms with E-state index in [2.05, 4.69) is 70.9 Å². The molecular formula is C23H32N2S. The molecule has 3 heteroatoms. The van der Waals surface area contributed by atoms with Crippen LogP contribution in [-0.4, -0.2) is 31.4 Å². The number of hydrogen-bond donors (Lipinski definition) is 1. The van der Waals surface area contributed by atoms with Gasteiger partial charge in [-0.25, -0.2) is 0 Å². The van der Waals surface area contributed by atoms with Crippen molar-refractivity contribution in [3.8, 4) is 0 Å². The van der Waals surface area contributed by atoms with Crippen LogP contribution in [0.4, 0.5) is 5.69 Å². The Morgan fingerprint density at radius 1 is 0.846 bits per heavy atom. The molecular weight excluding hydrogens is 336 g/mol. The maximum atomic E-state index is 3.65. The molecule has 0 atom stereocenters. The van der Waals surface area contributed by atoms with Gasteiger partial charge >= 0.3 is 0 Å². The third-order valence-electron chi connectivity index (χ3n) is 5.17. The van der Waals surface area contributed by atoms with Crippen LogP contribution < -0.4 is 10.2 Å². The SMILES string of the molecule is c1ccc(CSCCNCCN(c2ccccc2)C2CCCCC2)cc1. The maximum absolute atomic E-state index is 3.65. The number of nitrogens with one attached hydrogen (secondary N) is 1. The van der Waals surface area contributed by atoms with Crippen LogP contribution in [0, 0.1) is 0 Å². The minimum atomic E-state index is 0.723. The predicted molar refractivity (Wildman–Crippen MR) is 116 cm³/mol. The van der Waals surface area contributed by atoms with Crippen molar-refractivity contribution in [3.05, 3.63) is 66.2 Å². The third-order valence-corrected chi connectivity index (χ3v) is 6.20. The zero-order valence-electron chi connectivity index (χ0n) is 15.8. The Hall–Kier alpha value is -1.45. The maximum Gasteiger partial charge on any atom is 0.0369 e. The number of nitrogens with zero attached hydrogens (tertiary/aromatic N) is 1. The number of hydrogen-bond acceptors (Lipinski definition) is 3. The highest BCUT2D eigenvalue weighted by atomic mass is 32.2. The first kappa shape index (κ1) is 19.3. The molecule has 1 aliphatic carbocycles. The van der Waals surface area contributed by atoms with Gasteiger partial charge in [-0.1, -0.05) is 67.8 Å². The number of benzene rings is 2. The van der Waals surface area contributed by atoms with Gasteiger partial charge in [0.15, 0.2) is 0 Å². The van der Waals surface area contributed by atoms with Crippen LogP contribution >= 0.6 is 11.8 Å². The smallest absolute Gasteiger partial charge is 0.0369 e. The van der Waals surface area contributed by atoms with Crippen molar-refractivity contribution in [1.82, 2.24) is 5.32 Å². The molecule has 0 radical (unpaired) electrons. The summed E-state index contributed by atoms with van der Waals surface area (Å²) < 4.78 is 0. The molecule has 1 aliphatic rings. The van der Waals surface area contributed by atoms with Crippen molar-refractivity contribution >= 4 is 17.4 Å². The fourth-order valence-corrected chi connectivity index (χ4v) is 4.63. The predicted octanol–water partition coefficient (Wildman–Crippen LogP) is 5.35. The lowest BCUT2D eigenvalue weighted by molar-refractivity contribution is 0.413. The van der Waals surface area contributed by atoms with E-state index >= 15 is 0 Å². The molecule has 3 rings (SSSR count). The van der Waals surface area contributed by atoms with Crippen LogP contribution in [0.3, 0.4) is 0 Å². The Kier molecular flexibility index (Phi) is 8.40. The molecule has 2 aromatic carbocycles. The van der Waals surface area contributed by atoms with E-state index in [1.807, 2.05) is 11.8 Å². The molecule has 0 amide bonds. The van der Waals surface area contributed by atoms with Crippen LogP contribution in [0.25, 0.3) is 0 Å². The summed E-state index contributed by atoms with van der Waals surface area (Å²) in [6.45, 7) is 3.26. The molecule has 0 spiro atoms. The highest BCUT2D eigenvalue weighted by Crippen LogP contribution is 2.26. The molecule has 1 N–H and O–H groups in total. The van der Waals surface area contributed by atoms with Crippen LogP contribution in [-0.2, 0) is 5.75 Å². The molecule has 0 aromatic heterocycles. The Morgan fingerprint density at radius 3 is 2.27 bits per heavy atom. The van der Waals surface area contributed by atoms with Gasteiger partial charge in [-0.2, -0.15) is 11.8 Å². The first-order chi connectivity index (χ1) is 12.9. The number of rotatable bonds is 10. The lowest BCUT2D eigenvalue weighted by atomic mass is 9.93. The van der Waals surface area contributed by atoms with E-state index in [0.717, 1.165) is 31.4 Å². The van der Waals surface area contributed by atoms with Gasteiger partial charge < -0.3 is 10.2 Å². The van der Waals surface area contributed by atoms with Gasteiger partial charge in [0.1, 0.15) is 0 Å². The van der Waals surface area contributed by atoms with Crippen molar-refractivity contribution in [2.75, 3.05) is 30.3 Å². The second kappa shape index (κ2) is 11.3. The lowest BCUT2D eigenvalue weighted by Gasteiger charge is -2.36. The first-order valence-corrected chi connectivity index (χ1v) is 11.2. The van der Waals surface area contributed by atoms with Gasteiger partial charge in [0.05, 0.1) is 0 Å². The number of anilines is 1. The number of thioether (sulfide) groups is 1. The Morgan fingerprint density at radius 2 is 1.54 bits per heavy atom. The zero-order chi connectivity index (χ0) is 17.9. The van der Waals surface area contributed by atoms with Crippen molar-refractivity contribution in [2.24, 2.45) is 0 Å². The quantitative estimate of drug-likeness (QED) is 0.569. The molecule has 0 unspecified atom stereocenters. The molecule has 140 valence electrons. The summed E-state index contributed by atoms with van der Waals surface area (Å²) in [6, 6.07) is 22.5. The summed E-state index contributed by atoms with van der Waals surface area (Å²) in [5.41, 5.74) is 2.81. The van der Waals surface area contributed by atoms with Crippen molar-refractivity contribution in [2.45, 2.75) is 43.9 Å². The minimum Gasteiger partial charge on any atom is -0.367 e. The monoisotopic (exact) mass is 368 g/mol. The fraction of sp³-hybridized carbons (Fsp3) is 0.478. The summed E-state index contributed by atoms with van der Waals surface area (Å²) >= 11 is 2.01. The van der Waals surface area contributed by atoms with Crippen molar-refractivity contribution < 1.29 is 0 Å². The van der Waals surface area contributed by atoms with Gasteiger partial charge in [0.2, 0.25) is 0 Å². The molecule has 0 heterocycles. The van der Waals surface area contributed by atoms with E-state index in [4.69, 9.17) is 0 Å². The second-order valence-electron chi connectivity index (χ2n) is 7.11. The second-order valence-corrected chi connectivity index (χ2v) is 8.21. The zero-order valence-corrected chi connectivity index (χ0v) is 16.6. The van der Waals surface area contributed by atoms with Gasteiger partial charge in [-0.15, -0.1) is 0 Å². The number of para-hydroxylation sites is 1. The molecule has 26 heavy (non-hydrogen) atoms. The van der Waals surface area contributed by atoms with E-state index in [1.165, 1.54) is 49.1 Å². The van der Waals surface area contributed by atoms with Gasteiger partial charge in [-0.05, 0) is 30.5 Å². The third kappa shape index (κ3) is 6.37. The molecule has 1 saturated carbocycles. The fourth-order valence-electron chi connectivity index (χ4n) is 3.77. The largest absolute Gasteiger partial charge is 0.367 e. The molecule has 0 bridgehead atoms. The van der Waals surface area contributed by atoms with Crippen molar-refractivity contribution in [3.63, 3.8) is 0 Å². The molecule has 2 nitrogen and oxygen atoms in total. The Labute approximate surface area is 163 Å². The van der Waals surface area contributed by atoms with Crippen LogP contribution in [0.15, 0.2) is 60.7 Å². The van der Waals surface area contributed by atoms with E-state index in [9.17, 15) is 0 Å². The summed E-state index contributed by atoms with van der Waals surface area (Å²) in [6.07, 6.45) is 6.88. The van der Waals surface area contributed by atoms with Crippen LogP contribution in [0.1, 0.15) is 37.7 Å². The highest BCUT2D eigenvalue weighted by Gasteiger charge is 2.20. The topological polar surface area (TPSA) is 15.3 Å². The Bertz CT molecular complexity index is 596. The average molecular weight is 369 g/mol. The van der Waals surface area contributed by atoms with Gasteiger partial charge in [0, 0.05) is 42.9 Å². The average Bonchev–Trinajstić information content (AvgIpc) is 2.72. The van der Waals surface area contributed by atoms with E-state index in [0.29, 0.717) is 0 Å². The normalized spacial score (nSPS) is 15.1. The van der Waals surface area contributed by atoms with E-state index < -0.39 is 0 Å². The summed E-state index contributed by atoms with van der Waals surface area (Å²) in [5.74, 6) is 2.28. The standard InChI is InChI=1S/C23H32N2S/c1-4-10-21(11-5-1)20-26-19-17-24-16-18-25(22-12-6-2-7-13-22)23-14-8-3-9-15-23/h1-2,4-7,10-13,23-24H,3,8-9,14-20H2. The van der Waals surface area contributed by atoms with Crippen molar-refractivity contribution in [1.29, 1.82) is 0 Å². The van der Waals surface area contributed by atoms with E-state index in [1.54, 1.807) is 0 Å². The lowest BCUT2D eigenvalue weighted by Crippen LogP contribution is -2.41. The van der Waals surface area contributed by atoms with Gasteiger partial charge in [0.25, 0.3) is 0 Å². The minimum absolute atomic E-state index is 0.723. The summed E-state index contributed by atoms with van der Waals surface area (Å²) in [5, 5.41) is 3.65. The van der Waals surface area contributed by atoms with Crippen LogP contribution in [0.5, 0.6) is 0 Å². The molecule has 0 saturated heterocycles. The summed E-state index contributed by atoms with van der Waals surface area (Å²) in [4.78, 5) is 2.64. The molecule has 0 aliphatic heterocycles. The Balaban J connectivity index is 1.37. The molecule has 2 aromatic rings. The highest BCUT2D eigenvalue weighted by molar-refractivity contribution is 7.98. The van der Waals surface area contributed by atoms with E-state index in [-0.39, 0.29) is 0 Å². The summed E-state index contributed by atoms with van der Waals surface area (Å²) in [7, 11) is 0. The first-order valence-electron chi connectivity index (χ1n) is 10.1. The molecule has 1 fully saturated rings.